The zero-order valence-corrected chi connectivity index (χ0v) is 13.7. The highest BCUT2D eigenvalue weighted by atomic mass is 16.3. The van der Waals surface area contributed by atoms with Crippen LogP contribution in [0.5, 0.6) is 0 Å². The minimum absolute atomic E-state index is 0.0142. The van der Waals surface area contributed by atoms with Crippen molar-refractivity contribution < 1.29 is 15.0 Å². The van der Waals surface area contributed by atoms with Crippen LogP contribution in [0.1, 0.15) is 46.5 Å². The van der Waals surface area contributed by atoms with E-state index in [4.69, 9.17) is 0 Å². The molecule has 0 radical (unpaired) electrons. The van der Waals surface area contributed by atoms with Crippen molar-refractivity contribution in [1.82, 2.24) is 0 Å². The molecule has 0 saturated heterocycles. The molecule has 0 aromatic carbocycles. The Hall–Kier alpha value is -1.19. The number of hydrogen-bond donors (Lipinski definition) is 2. The molecule has 1 fully saturated rings. The second kappa shape index (κ2) is 4.65. The summed E-state index contributed by atoms with van der Waals surface area (Å²) in [6.07, 6.45) is 7.71. The zero-order valence-electron chi connectivity index (χ0n) is 13.7. The van der Waals surface area contributed by atoms with Gasteiger partial charge in [-0.15, -0.1) is 6.58 Å². The summed E-state index contributed by atoms with van der Waals surface area (Å²) < 4.78 is 0. The Morgan fingerprint density at radius 1 is 1.27 bits per heavy atom. The monoisotopic (exact) mass is 302 g/mol. The third-order valence-electron chi connectivity index (χ3n) is 6.23. The summed E-state index contributed by atoms with van der Waals surface area (Å²) in [6.45, 7) is 9.81. The molecule has 2 N–H and O–H groups in total. The first-order valence-corrected chi connectivity index (χ1v) is 8.18. The maximum atomic E-state index is 12.7. The quantitative estimate of drug-likeness (QED) is 0.732. The summed E-state index contributed by atoms with van der Waals surface area (Å²) in [5.41, 5.74) is -0.286. The first-order valence-electron chi connectivity index (χ1n) is 8.18. The van der Waals surface area contributed by atoms with Crippen LogP contribution in [0.4, 0.5) is 0 Å². The Labute approximate surface area is 132 Å². The van der Waals surface area contributed by atoms with E-state index in [-0.39, 0.29) is 17.1 Å². The smallest absolute Gasteiger partial charge is 0.182 e. The van der Waals surface area contributed by atoms with Gasteiger partial charge in [0.25, 0.3) is 0 Å². The average molecular weight is 302 g/mol. The topological polar surface area (TPSA) is 57.5 Å². The van der Waals surface area contributed by atoms with Gasteiger partial charge in [0, 0.05) is 22.3 Å². The van der Waals surface area contributed by atoms with Gasteiger partial charge < -0.3 is 10.2 Å². The van der Waals surface area contributed by atoms with Crippen molar-refractivity contribution in [1.29, 1.82) is 0 Å². The van der Waals surface area contributed by atoms with Crippen molar-refractivity contribution in [2.75, 3.05) is 0 Å². The molecule has 0 aliphatic heterocycles. The normalized spacial score (nSPS) is 43.6. The van der Waals surface area contributed by atoms with Crippen LogP contribution < -0.4 is 0 Å². The van der Waals surface area contributed by atoms with Gasteiger partial charge in [0.2, 0.25) is 0 Å². The summed E-state index contributed by atoms with van der Waals surface area (Å²) in [7, 11) is 0. The molecule has 0 amide bonds. The van der Waals surface area contributed by atoms with Crippen molar-refractivity contribution in [3.05, 3.63) is 36.0 Å². The third-order valence-corrected chi connectivity index (χ3v) is 6.23. The zero-order chi connectivity index (χ0) is 16.3. The highest BCUT2D eigenvalue weighted by Crippen LogP contribution is 2.56. The molecule has 0 aromatic heterocycles. The number of carbonyl (C=O) groups is 1. The number of hydrogen-bond acceptors (Lipinski definition) is 3. The molecule has 3 nitrogen and oxygen atoms in total. The SMILES string of the molecule is C=CC1(C)C=C2C(=O)C=C3C(C)(C)C(O)CCC3(O)C2CC1. The molecule has 3 aliphatic rings. The fourth-order valence-corrected chi connectivity index (χ4v) is 4.52. The summed E-state index contributed by atoms with van der Waals surface area (Å²) >= 11 is 0. The van der Waals surface area contributed by atoms with Gasteiger partial charge in [-0.3, -0.25) is 4.79 Å². The number of ketones is 1. The lowest BCUT2D eigenvalue weighted by molar-refractivity contribution is -0.118. The first kappa shape index (κ1) is 15.7. The van der Waals surface area contributed by atoms with Gasteiger partial charge in [-0.05, 0) is 37.3 Å². The largest absolute Gasteiger partial charge is 0.392 e. The van der Waals surface area contributed by atoms with Gasteiger partial charge in [-0.1, -0.05) is 32.9 Å². The Balaban J connectivity index is 2.14. The lowest BCUT2D eigenvalue weighted by Gasteiger charge is -2.54. The van der Waals surface area contributed by atoms with E-state index in [1.165, 1.54) is 0 Å². The highest BCUT2D eigenvalue weighted by Gasteiger charge is 2.56. The molecule has 120 valence electrons. The summed E-state index contributed by atoms with van der Waals surface area (Å²) in [6, 6.07) is 0. The van der Waals surface area contributed by atoms with E-state index in [1.54, 1.807) is 6.08 Å². The lowest BCUT2D eigenvalue weighted by atomic mass is 9.53. The lowest BCUT2D eigenvalue weighted by Crippen LogP contribution is -2.56. The second-order valence-electron chi connectivity index (χ2n) is 8.02. The fourth-order valence-electron chi connectivity index (χ4n) is 4.52. The van der Waals surface area contributed by atoms with E-state index >= 15 is 0 Å². The molecule has 4 unspecified atom stereocenters. The molecule has 0 aromatic rings. The summed E-state index contributed by atoms with van der Waals surface area (Å²) in [5, 5.41) is 21.7. The Morgan fingerprint density at radius 2 is 1.95 bits per heavy atom. The van der Waals surface area contributed by atoms with Gasteiger partial charge >= 0.3 is 0 Å². The molecule has 0 bridgehead atoms. The van der Waals surface area contributed by atoms with Crippen molar-refractivity contribution in [3.63, 3.8) is 0 Å². The van der Waals surface area contributed by atoms with E-state index in [1.807, 2.05) is 26.0 Å². The van der Waals surface area contributed by atoms with Crippen LogP contribution in [0.3, 0.4) is 0 Å². The van der Waals surface area contributed by atoms with Crippen LogP contribution in [0.2, 0.25) is 0 Å². The van der Waals surface area contributed by atoms with Crippen molar-refractivity contribution in [3.8, 4) is 0 Å². The molecule has 3 rings (SSSR count). The third kappa shape index (κ3) is 1.99. The van der Waals surface area contributed by atoms with Gasteiger partial charge in [0.1, 0.15) is 0 Å². The average Bonchev–Trinajstić information content (AvgIpc) is 2.47. The fraction of sp³-hybridized carbons (Fsp3) is 0.632. The molecule has 4 atom stereocenters. The van der Waals surface area contributed by atoms with E-state index in [9.17, 15) is 15.0 Å². The number of rotatable bonds is 1. The maximum absolute atomic E-state index is 12.7. The number of allylic oxidation sites excluding steroid dienone is 3. The van der Waals surface area contributed by atoms with Gasteiger partial charge in [-0.25, -0.2) is 0 Å². The van der Waals surface area contributed by atoms with Crippen LogP contribution in [-0.4, -0.2) is 27.7 Å². The molecule has 22 heavy (non-hydrogen) atoms. The standard InChI is InChI=1S/C19H26O3/c1-5-18(4)8-6-13-12(11-18)14(20)10-15-17(2,3)16(21)7-9-19(13,15)22/h5,10-11,13,16,21-22H,1,6-9H2,2-4H3. The summed E-state index contributed by atoms with van der Waals surface area (Å²) in [5.74, 6) is -0.167. The number of fused-ring (bicyclic) bond motifs is 3. The van der Waals surface area contributed by atoms with Crippen molar-refractivity contribution in [2.24, 2.45) is 16.7 Å². The van der Waals surface area contributed by atoms with Crippen molar-refractivity contribution >= 4 is 5.78 Å². The Bertz CT molecular complexity index is 598. The first-order chi connectivity index (χ1) is 10.1. The van der Waals surface area contributed by atoms with Gasteiger partial charge in [-0.2, -0.15) is 0 Å². The van der Waals surface area contributed by atoms with E-state index in [2.05, 4.69) is 13.5 Å². The van der Waals surface area contributed by atoms with Crippen LogP contribution in [0.25, 0.3) is 0 Å². The molecule has 1 saturated carbocycles. The maximum Gasteiger partial charge on any atom is 0.182 e. The summed E-state index contributed by atoms with van der Waals surface area (Å²) in [4.78, 5) is 12.7. The molecule has 3 heteroatoms. The molecular formula is C19H26O3. The highest BCUT2D eigenvalue weighted by molar-refractivity contribution is 6.07. The van der Waals surface area contributed by atoms with Crippen LogP contribution >= 0.6 is 0 Å². The number of aliphatic hydroxyl groups excluding tert-OH is 1. The minimum atomic E-state index is -0.995. The van der Waals surface area contributed by atoms with Crippen LogP contribution in [0, 0.1) is 16.7 Å². The van der Waals surface area contributed by atoms with Gasteiger partial charge in [0.05, 0.1) is 11.7 Å². The number of carbonyl (C=O) groups excluding carboxylic acids is 1. The molecule has 0 spiro atoms. The molecule has 3 aliphatic carbocycles. The Kier molecular flexibility index (Phi) is 3.32. The van der Waals surface area contributed by atoms with Crippen molar-refractivity contribution in [2.45, 2.75) is 58.2 Å². The van der Waals surface area contributed by atoms with Crippen LogP contribution in [-0.2, 0) is 4.79 Å². The predicted octanol–water partition coefficient (Wildman–Crippen LogP) is 2.94. The molecular weight excluding hydrogens is 276 g/mol. The van der Waals surface area contributed by atoms with Gasteiger partial charge in [0.15, 0.2) is 5.78 Å². The minimum Gasteiger partial charge on any atom is -0.392 e. The van der Waals surface area contributed by atoms with E-state index in [0.717, 1.165) is 18.4 Å². The van der Waals surface area contributed by atoms with E-state index in [0.29, 0.717) is 18.4 Å². The number of aliphatic hydroxyl groups is 2. The Morgan fingerprint density at radius 3 is 2.59 bits per heavy atom. The van der Waals surface area contributed by atoms with E-state index < -0.39 is 17.1 Å². The predicted molar refractivity (Wildman–Crippen MR) is 86.2 cm³/mol. The van der Waals surface area contributed by atoms with Crippen LogP contribution in [0.15, 0.2) is 36.0 Å². The molecule has 0 heterocycles. The second-order valence-corrected chi connectivity index (χ2v) is 8.02.